The first-order valence-electron chi connectivity index (χ1n) is 6.17. The van der Waals surface area contributed by atoms with Crippen LogP contribution >= 0.6 is 0 Å². The molecule has 1 aliphatic rings. The Balaban J connectivity index is 2.09. The Morgan fingerprint density at radius 3 is 2.65 bits per heavy atom. The lowest BCUT2D eigenvalue weighted by atomic mass is 9.87. The number of fused-ring (bicyclic) bond motifs is 1. The predicted molar refractivity (Wildman–Crippen MR) is 74.2 cm³/mol. The summed E-state index contributed by atoms with van der Waals surface area (Å²) in [4.78, 5) is 0. The van der Waals surface area contributed by atoms with Gasteiger partial charge in [-0.2, -0.15) is 0 Å². The highest BCUT2D eigenvalue weighted by Gasteiger charge is 2.12. The number of hydrogen-bond acceptors (Lipinski definition) is 0. The van der Waals surface area contributed by atoms with Crippen LogP contribution in [0.25, 0.3) is 10.8 Å². The van der Waals surface area contributed by atoms with E-state index in [1.54, 1.807) is 0 Å². The smallest absolute Gasteiger partial charge is 0.00620 e. The lowest BCUT2D eigenvalue weighted by molar-refractivity contribution is 0.853. The molecule has 0 nitrogen and oxygen atoms in total. The number of rotatable bonds is 1. The Labute approximate surface area is 102 Å². The standard InChI is InChI=1S/C17H16/c1-13-9-11-15(12-10-13)17-8-4-6-14-5-2-3-7-16(14)17/h2-11,15H,12H2,1H3. The highest BCUT2D eigenvalue weighted by Crippen LogP contribution is 2.31. The van der Waals surface area contributed by atoms with Gasteiger partial charge in [-0.05, 0) is 29.7 Å². The molecule has 1 atom stereocenters. The number of allylic oxidation sites excluding steroid dienone is 4. The van der Waals surface area contributed by atoms with Gasteiger partial charge in [-0.15, -0.1) is 0 Å². The summed E-state index contributed by atoms with van der Waals surface area (Å²) in [7, 11) is 0. The van der Waals surface area contributed by atoms with Crippen molar-refractivity contribution in [3.63, 3.8) is 0 Å². The van der Waals surface area contributed by atoms with Gasteiger partial charge in [0.25, 0.3) is 0 Å². The maximum absolute atomic E-state index is 2.33. The van der Waals surface area contributed by atoms with Crippen molar-refractivity contribution in [3.05, 3.63) is 71.8 Å². The van der Waals surface area contributed by atoms with E-state index in [-0.39, 0.29) is 0 Å². The van der Waals surface area contributed by atoms with Crippen molar-refractivity contribution in [1.82, 2.24) is 0 Å². The SMILES string of the molecule is CC1=CCC(c2cccc3ccccc23)C=C1. The second-order valence-corrected chi connectivity index (χ2v) is 4.72. The first-order valence-corrected chi connectivity index (χ1v) is 6.17. The van der Waals surface area contributed by atoms with Crippen molar-refractivity contribution in [2.75, 3.05) is 0 Å². The zero-order chi connectivity index (χ0) is 11.7. The molecule has 0 amide bonds. The molecular weight excluding hydrogens is 204 g/mol. The third kappa shape index (κ3) is 1.91. The summed E-state index contributed by atoms with van der Waals surface area (Å²) in [6.45, 7) is 2.16. The zero-order valence-corrected chi connectivity index (χ0v) is 10.1. The Morgan fingerprint density at radius 2 is 1.82 bits per heavy atom. The molecule has 1 aliphatic carbocycles. The molecule has 0 aromatic heterocycles. The highest BCUT2D eigenvalue weighted by atomic mass is 14.2. The van der Waals surface area contributed by atoms with Crippen LogP contribution in [-0.2, 0) is 0 Å². The van der Waals surface area contributed by atoms with Crippen LogP contribution in [-0.4, -0.2) is 0 Å². The van der Waals surface area contributed by atoms with Crippen molar-refractivity contribution in [2.24, 2.45) is 0 Å². The molecule has 0 saturated carbocycles. The molecule has 0 N–H and O–H groups in total. The first-order chi connectivity index (χ1) is 8.34. The van der Waals surface area contributed by atoms with Gasteiger partial charge in [-0.1, -0.05) is 66.3 Å². The van der Waals surface area contributed by atoms with Gasteiger partial charge in [-0.25, -0.2) is 0 Å². The molecule has 1 unspecified atom stereocenters. The van der Waals surface area contributed by atoms with E-state index in [1.807, 2.05) is 0 Å². The molecule has 0 radical (unpaired) electrons. The summed E-state index contributed by atoms with van der Waals surface area (Å²) in [5.41, 5.74) is 2.82. The molecule has 0 fully saturated rings. The maximum Gasteiger partial charge on any atom is 0.00620 e. The molecule has 3 rings (SSSR count). The van der Waals surface area contributed by atoms with E-state index in [1.165, 1.54) is 21.9 Å². The van der Waals surface area contributed by atoms with Gasteiger partial charge in [0.2, 0.25) is 0 Å². The van der Waals surface area contributed by atoms with Gasteiger partial charge >= 0.3 is 0 Å². The predicted octanol–water partition coefficient (Wildman–Crippen LogP) is 4.83. The molecule has 0 aliphatic heterocycles. The van der Waals surface area contributed by atoms with Gasteiger partial charge in [-0.3, -0.25) is 0 Å². The molecular formula is C17H16. The molecule has 0 heteroatoms. The number of benzene rings is 2. The van der Waals surface area contributed by atoms with E-state index in [2.05, 4.69) is 67.6 Å². The molecule has 2 aromatic rings. The van der Waals surface area contributed by atoms with E-state index < -0.39 is 0 Å². The lowest BCUT2D eigenvalue weighted by Gasteiger charge is -2.17. The second-order valence-electron chi connectivity index (χ2n) is 4.72. The average molecular weight is 220 g/mol. The lowest BCUT2D eigenvalue weighted by Crippen LogP contribution is -1.98. The summed E-state index contributed by atoms with van der Waals surface area (Å²) in [5.74, 6) is 0.532. The second kappa shape index (κ2) is 4.21. The molecule has 2 aromatic carbocycles. The minimum absolute atomic E-state index is 0.532. The van der Waals surface area contributed by atoms with Crippen LogP contribution in [0.15, 0.2) is 66.3 Å². The quantitative estimate of drug-likeness (QED) is 0.645. The highest BCUT2D eigenvalue weighted by molar-refractivity contribution is 5.86. The molecule has 17 heavy (non-hydrogen) atoms. The van der Waals surface area contributed by atoms with Gasteiger partial charge in [0, 0.05) is 5.92 Å². The minimum Gasteiger partial charge on any atom is -0.0807 e. The summed E-state index contributed by atoms with van der Waals surface area (Å²) in [6, 6.07) is 15.2. The van der Waals surface area contributed by atoms with Crippen LogP contribution in [0.3, 0.4) is 0 Å². The van der Waals surface area contributed by atoms with Crippen molar-refractivity contribution < 1.29 is 0 Å². The third-order valence-electron chi connectivity index (χ3n) is 3.51. The van der Waals surface area contributed by atoms with E-state index in [0.29, 0.717) is 5.92 Å². The summed E-state index contributed by atoms with van der Waals surface area (Å²) in [5, 5.41) is 2.72. The van der Waals surface area contributed by atoms with Crippen molar-refractivity contribution in [1.29, 1.82) is 0 Å². The van der Waals surface area contributed by atoms with E-state index in [0.717, 1.165) is 6.42 Å². The van der Waals surface area contributed by atoms with E-state index in [9.17, 15) is 0 Å². The van der Waals surface area contributed by atoms with Gasteiger partial charge in [0.1, 0.15) is 0 Å². The van der Waals surface area contributed by atoms with Crippen LogP contribution in [0.1, 0.15) is 24.8 Å². The van der Waals surface area contributed by atoms with Crippen LogP contribution in [0.5, 0.6) is 0 Å². The first kappa shape index (κ1) is 10.3. The van der Waals surface area contributed by atoms with Gasteiger partial charge in [0.15, 0.2) is 0 Å². The van der Waals surface area contributed by atoms with Gasteiger partial charge in [0.05, 0.1) is 0 Å². The Kier molecular flexibility index (Phi) is 2.56. The fourth-order valence-corrected chi connectivity index (χ4v) is 2.53. The monoisotopic (exact) mass is 220 g/mol. The fourth-order valence-electron chi connectivity index (χ4n) is 2.53. The van der Waals surface area contributed by atoms with Crippen molar-refractivity contribution >= 4 is 10.8 Å². The van der Waals surface area contributed by atoms with Crippen molar-refractivity contribution in [2.45, 2.75) is 19.3 Å². The van der Waals surface area contributed by atoms with Crippen LogP contribution in [0, 0.1) is 0 Å². The average Bonchev–Trinajstić information content (AvgIpc) is 2.39. The summed E-state index contributed by atoms with van der Waals surface area (Å²) >= 11 is 0. The Bertz CT molecular complexity index is 597. The summed E-state index contributed by atoms with van der Waals surface area (Å²) in [6.07, 6.45) is 8.01. The summed E-state index contributed by atoms with van der Waals surface area (Å²) < 4.78 is 0. The van der Waals surface area contributed by atoms with E-state index in [4.69, 9.17) is 0 Å². The Hall–Kier alpha value is -1.82. The van der Waals surface area contributed by atoms with Crippen LogP contribution < -0.4 is 0 Å². The minimum atomic E-state index is 0.532. The molecule has 0 saturated heterocycles. The largest absolute Gasteiger partial charge is 0.0807 e. The van der Waals surface area contributed by atoms with Crippen LogP contribution in [0.4, 0.5) is 0 Å². The zero-order valence-electron chi connectivity index (χ0n) is 10.1. The van der Waals surface area contributed by atoms with Crippen molar-refractivity contribution in [3.8, 4) is 0 Å². The van der Waals surface area contributed by atoms with E-state index >= 15 is 0 Å². The number of hydrogen-bond donors (Lipinski definition) is 0. The maximum atomic E-state index is 2.33. The topological polar surface area (TPSA) is 0 Å². The normalized spacial score (nSPS) is 19.4. The fraction of sp³-hybridized carbons (Fsp3) is 0.176. The molecule has 0 bridgehead atoms. The van der Waals surface area contributed by atoms with Crippen LogP contribution in [0.2, 0.25) is 0 Å². The third-order valence-corrected chi connectivity index (χ3v) is 3.51. The molecule has 84 valence electrons. The Morgan fingerprint density at radius 1 is 1.00 bits per heavy atom. The molecule has 0 heterocycles. The molecule has 0 spiro atoms. The van der Waals surface area contributed by atoms with Gasteiger partial charge < -0.3 is 0 Å².